The van der Waals surface area contributed by atoms with E-state index in [9.17, 15) is 0 Å². The Morgan fingerprint density at radius 3 is 2.95 bits per heavy atom. The number of aryl methyl sites for hydroxylation is 1. The van der Waals surface area contributed by atoms with Crippen LogP contribution in [0.2, 0.25) is 0 Å². The van der Waals surface area contributed by atoms with Crippen molar-refractivity contribution in [3.05, 3.63) is 21.4 Å². The molecule has 2 aliphatic rings. The molecule has 0 spiro atoms. The van der Waals surface area contributed by atoms with Gasteiger partial charge in [0.1, 0.15) is 0 Å². The van der Waals surface area contributed by atoms with E-state index >= 15 is 0 Å². The maximum absolute atomic E-state index is 5.75. The molecule has 0 saturated carbocycles. The summed E-state index contributed by atoms with van der Waals surface area (Å²) in [5.41, 5.74) is 7.25. The fraction of sp³-hybridized carbons (Fsp3) is 0.733. The quantitative estimate of drug-likeness (QED) is 0.920. The van der Waals surface area contributed by atoms with E-state index in [0.717, 1.165) is 12.6 Å². The second kappa shape index (κ2) is 5.92. The molecule has 3 rings (SSSR count). The van der Waals surface area contributed by atoms with Gasteiger partial charge in [-0.15, -0.1) is 11.3 Å². The first kappa shape index (κ1) is 13.6. The highest BCUT2D eigenvalue weighted by Crippen LogP contribution is 2.25. The standard InChI is InChI=1S/C15H25N3S/c1-12-13(8-15(9-16)19-12)10-17-5-3-7-18-6-2-4-14(18)11-17/h8,14H,2-7,9-11,16H2,1H3. The van der Waals surface area contributed by atoms with Crippen molar-refractivity contribution in [2.45, 2.75) is 45.3 Å². The highest BCUT2D eigenvalue weighted by Gasteiger charge is 2.28. The smallest absolute Gasteiger partial charge is 0.0274 e. The molecule has 0 aliphatic carbocycles. The molecular weight excluding hydrogens is 254 g/mol. The average molecular weight is 279 g/mol. The van der Waals surface area contributed by atoms with Crippen LogP contribution in [0.15, 0.2) is 6.07 Å². The Hall–Kier alpha value is -0.420. The largest absolute Gasteiger partial charge is 0.326 e. The Bertz CT molecular complexity index is 429. The summed E-state index contributed by atoms with van der Waals surface area (Å²) in [6.07, 6.45) is 4.11. The van der Waals surface area contributed by atoms with E-state index in [1.807, 2.05) is 11.3 Å². The van der Waals surface area contributed by atoms with E-state index in [4.69, 9.17) is 5.73 Å². The van der Waals surface area contributed by atoms with Crippen LogP contribution in [0.5, 0.6) is 0 Å². The molecule has 3 heterocycles. The third-order valence-electron chi connectivity index (χ3n) is 4.55. The van der Waals surface area contributed by atoms with Gasteiger partial charge < -0.3 is 5.73 Å². The maximum Gasteiger partial charge on any atom is 0.0274 e. The number of thiophene rings is 1. The Morgan fingerprint density at radius 1 is 1.32 bits per heavy atom. The van der Waals surface area contributed by atoms with Crippen LogP contribution in [0.3, 0.4) is 0 Å². The van der Waals surface area contributed by atoms with Gasteiger partial charge >= 0.3 is 0 Å². The summed E-state index contributed by atoms with van der Waals surface area (Å²) < 4.78 is 0. The second-order valence-corrected chi connectivity index (χ2v) is 7.26. The summed E-state index contributed by atoms with van der Waals surface area (Å²) >= 11 is 1.87. The summed E-state index contributed by atoms with van der Waals surface area (Å²) in [7, 11) is 0. The Labute approximate surface area is 120 Å². The van der Waals surface area contributed by atoms with E-state index in [2.05, 4.69) is 22.8 Å². The minimum absolute atomic E-state index is 0.682. The van der Waals surface area contributed by atoms with Crippen LogP contribution in [-0.4, -0.2) is 42.0 Å². The van der Waals surface area contributed by atoms with Crippen molar-refractivity contribution in [2.24, 2.45) is 5.73 Å². The van der Waals surface area contributed by atoms with Crippen molar-refractivity contribution in [1.82, 2.24) is 9.80 Å². The molecule has 1 aromatic rings. The van der Waals surface area contributed by atoms with Crippen molar-refractivity contribution in [2.75, 3.05) is 26.2 Å². The molecule has 4 heteroatoms. The predicted molar refractivity (Wildman–Crippen MR) is 81.4 cm³/mol. The van der Waals surface area contributed by atoms with Crippen molar-refractivity contribution in [3.63, 3.8) is 0 Å². The highest BCUT2D eigenvalue weighted by atomic mass is 32.1. The molecule has 0 aromatic carbocycles. The Balaban J connectivity index is 1.66. The van der Waals surface area contributed by atoms with Gasteiger partial charge in [-0.2, -0.15) is 0 Å². The first-order valence-electron chi connectivity index (χ1n) is 7.51. The van der Waals surface area contributed by atoms with Crippen LogP contribution >= 0.6 is 11.3 Å². The zero-order valence-electron chi connectivity index (χ0n) is 11.9. The lowest BCUT2D eigenvalue weighted by Gasteiger charge is -2.25. The lowest BCUT2D eigenvalue weighted by Crippen LogP contribution is -2.36. The van der Waals surface area contributed by atoms with Gasteiger partial charge in [0.15, 0.2) is 0 Å². The molecule has 2 saturated heterocycles. The lowest BCUT2D eigenvalue weighted by molar-refractivity contribution is 0.215. The van der Waals surface area contributed by atoms with Crippen molar-refractivity contribution in [1.29, 1.82) is 0 Å². The molecule has 0 radical (unpaired) electrons. The fourth-order valence-electron chi connectivity index (χ4n) is 3.51. The SMILES string of the molecule is Cc1sc(CN)cc1CN1CCCN2CCCC2C1. The van der Waals surface area contributed by atoms with E-state index in [1.165, 1.54) is 60.8 Å². The van der Waals surface area contributed by atoms with Gasteiger partial charge in [0.05, 0.1) is 0 Å². The molecule has 0 bridgehead atoms. The normalized spacial score (nSPS) is 25.5. The van der Waals surface area contributed by atoms with Crippen LogP contribution < -0.4 is 5.73 Å². The number of hydrogen-bond acceptors (Lipinski definition) is 4. The Kier molecular flexibility index (Phi) is 4.22. The average Bonchev–Trinajstić information content (AvgIpc) is 2.92. The van der Waals surface area contributed by atoms with Crippen LogP contribution in [0.4, 0.5) is 0 Å². The molecule has 2 aliphatic heterocycles. The molecule has 1 unspecified atom stereocenters. The van der Waals surface area contributed by atoms with Gasteiger partial charge in [0.2, 0.25) is 0 Å². The van der Waals surface area contributed by atoms with Crippen LogP contribution in [0, 0.1) is 6.92 Å². The zero-order chi connectivity index (χ0) is 13.2. The Morgan fingerprint density at radius 2 is 2.16 bits per heavy atom. The number of hydrogen-bond donors (Lipinski definition) is 1. The molecule has 2 fully saturated rings. The van der Waals surface area contributed by atoms with Gasteiger partial charge in [-0.3, -0.25) is 9.80 Å². The molecule has 1 atom stereocenters. The number of fused-ring (bicyclic) bond motifs is 1. The fourth-order valence-corrected chi connectivity index (χ4v) is 4.45. The van der Waals surface area contributed by atoms with Crippen molar-refractivity contribution >= 4 is 11.3 Å². The molecule has 19 heavy (non-hydrogen) atoms. The summed E-state index contributed by atoms with van der Waals surface area (Å²) in [4.78, 5) is 8.13. The molecule has 0 amide bonds. The van der Waals surface area contributed by atoms with Crippen LogP contribution in [0.1, 0.15) is 34.6 Å². The zero-order valence-corrected chi connectivity index (χ0v) is 12.7. The summed E-state index contributed by atoms with van der Waals surface area (Å²) in [6.45, 7) is 9.17. The molecular formula is C15H25N3S. The lowest BCUT2D eigenvalue weighted by atomic mass is 10.2. The molecule has 3 nitrogen and oxygen atoms in total. The highest BCUT2D eigenvalue weighted by molar-refractivity contribution is 7.12. The van der Waals surface area contributed by atoms with Gasteiger partial charge in [-0.05, 0) is 57.5 Å². The van der Waals surface area contributed by atoms with E-state index < -0.39 is 0 Å². The summed E-state index contributed by atoms with van der Waals surface area (Å²) in [5.74, 6) is 0. The van der Waals surface area contributed by atoms with Crippen molar-refractivity contribution < 1.29 is 0 Å². The summed E-state index contributed by atoms with van der Waals surface area (Å²) in [6, 6.07) is 3.13. The third-order valence-corrected chi connectivity index (χ3v) is 5.67. The summed E-state index contributed by atoms with van der Waals surface area (Å²) in [5, 5.41) is 0. The number of rotatable bonds is 3. The minimum Gasteiger partial charge on any atom is -0.326 e. The van der Waals surface area contributed by atoms with E-state index in [1.54, 1.807) is 0 Å². The van der Waals surface area contributed by atoms with E-state index in [-0.39, 0.29) is 0 Å². The van der Waals surface area contributed by atoms with Gasteiger partial charge in [0.25, 0.3) is 0 Å². The minimum atomic E-state index is 0.682. The first-order valence-corrected chi connectivity index (χ1v) is 8.32. The van der Waals surface area contributed by atoms with Gasteiger partial charge in [-0.1, -0.05) is 0 Å². The van der Waals surface area contributed by atoms with Crippen LogP contribution in [-0.2, 0) is 13.1 Å². The maximum atomic E-state index is 5.75. The van der Waals surface area contributed by atoms with Crippen molar-refractivity contribution in [3.8, 4) is 0 Å². The van der Waals surface area contributed by atoms with Gasteiger partial charge in [-0.25, -0.2) is 0 Å². The number of nitrogens with zero attached hydrogens (tertiary/aromatic N) is 2. The third kappa shape index (κ3) is 3.02. The molecule has 106 valence electrons. The molecule has 1 aromatic heterocycles. The molecule has 2 N–H and O–H groups in total. The van der Waals surface area contributed by atoms with Gasteiger partial charge in [0, 0.05) is 35.4 Å². The van der Waals surface area contributed by atoms with Crippen LogP contribution in [0.25, 0.3) is 0 Å². The second-order valence-electron chi connectivity index (χ2n) is 5.92. The first-order chi connectivity index (χ1) is 9.26. The van der Waals surface area contributed by atoms with E-state index in [0.29, 0.717) is 6.54 Å². The topological polar surface area (TPSA) is 32.5 Å². The monoisotopic (exact) mass is 279 g/mol. The predicted octanol–water partition coefficient (Wildman–Crippen LogP) is 2.19. The number of nitrogens with two attached hydrogens (primary N) is 1.